The summed E-state index contributed by atoms with van der Waals surface area (Å²) >= 11 is 0. The first kappa shape index (κ1) is 20.5. The average molecular weight is 395 g/mol. The second-order valence-corrected chi connectivity index (χ2v) is 6.70. The first-order chi connectivity index (χ1) is 14.0. The fourth-order valence-electron chi connectivity index (χ4n) is 3.48. The van der Waals surface area contributed by atoms with Crippen LogP contribution in [0.25, 0.3) is 0 Å². The highest BCUT2D eigenvalue weighted by atomic mass is 16.5. The van der Waals surface area contributed by atoms with E-state index in [1.54, 1.807) is 37.3 Å². The number of para-hydroxylation sites is 1. The van der Waals surface area contributed by atoms with Crippen LogP contribution in [0, 0.1) is 0 Å². The van der Waals surface area contributed by atoms with Crippen molar-refractivity contribution in [3.63, 3.8) is 0 Å². The molecule has 0 saturated heterocycles. The summed E-state index contributed by atoms with van der Waals surface area (Å²) in [4.78, 5) is 27.1. The van der Waals surface area contributed by atoms with Gasteiger partial charge < -0.3 is 14.6 Å². The van der Waals surface area contributed by atoms with Gasteiger partial charge in [-0.2, -0.15) is 0 Å². The molecule has 0 saturated carbocycles. The largest absolute Gasteiger partial charge is 0.503 e. The van der Waals surface area contributed by atoms with E-state index < -0.39 is 17.7 Å². The Morgan fingerprint density at radius 3 is 2.59 bits per heavy atom. The summed E-state index contributed by atoms with van der Waals surface area (Å²) in [5.41, 5.74) is 1.25. The lowest BCUT2D eigenvalue weighted by Gasteiger charge is -2.28. The number of nitrogens with zero attached hydrogens (tertiary/aromatic N) is 1. The summed E-state index contributed by atoms with van der Waals surface area (Å²) in [5.74, 6) is -0.277. The lowest BCUT2D eigenvalue weighted by atomic mass is 9.94. The van der Waals surface area contributed by atoms with Crippen molar-refractivity contribution in [2.24, 2.45) is 0 Å². The van der Waals surface area contributed by atoms with Crippen molar-refractivity contribution in [3.05, 3.63) is 65.4 Å². The van der Waals surface area contributed by atoms with Crippen LogP contribution >= 0.6 is 0 Å². The van der Waals surface area contributed by atoms with Gasteiger partial charge in [-0.05, 0) is 24.6 Å². The van der Waals surface area contributed by atoms with Crippen LogP contribution in [0.2, 0.25) is 0 Å². The molecule has 2 aromatic carbocycles. The van der Waals surface area contributed by atoms with E-state index in [0.29, 0.717) is 29.4 Å². The van der Waals surface area contributed by atoms with Crippen molar-refractivity contribution in [1.82, 2.24) is 0 Å². The van der Waals surface area contributed by atoms with Crippen LogP contribution in [0.1, 0.15) is 38.3 Å². The van der Waals surface area contributed by atoms with Crippen LogP contribution in [0.3, 0.4) is 0 Å². The van der Waals surface area contributed by atoms with Crippen molar-refractivity contribution in [2.75, 3.05) is 18.6 Å². The van der Waals surface area contributed by atoms with E-state index in [2.05, 4.69) is 0 Å². The molecule has 0 aliphatic carbocycles. The number of hydrogen-bond donors (Lipinski definition) is 1. The molecule has 6 nitrogen and oxygen atoms in total. The third kappa shape index (κ3) is 3.83. The monoisotopic (exact) mass is 395 g/mol. The third-order valence-corrected chi connectivity index (χ3v) is 4.83. The minimum atomic E-state index is -0.785. The van der Waals surface area contributed by atoms with Crippen molar-refractivity contribution in [2.45, 2.75) is 32.7 Å². The SMILES string of the molecule is CCCOc1cccc(N2C(=O)C(O)=C(C(=O)CC)C2c2ccccc2OC)c1. The summed E-state index contributed by atoms with van der Waals surface area (Å²) in [6.07, 6.45) is 1.03. The Hall–Kier alpha value is -3.28. The van der Waals surface area contributed by atoms with Crippen LogP contribution in [-0.2, 0) is 9.59 Å². The van der Waals surface area contributed by atoms with Crippen molar-refractivity contribution >= 4 is 17.4 Å². The lowest BCUT2D eigenvalue weighted by Crippen LogP contribution is -2.31. The molecule has 1 unspecified atom stereocenters. The highest BCUT2D eigenvalue weighted by molar-refractivity contribution is 6.16. The Kier molecular flexibility index (Phi) is 6.22. The van der Waals surface area contributed by atoms with Gasteiger partial charge in [-0.3, -0.25) is 14.5 Å². The fourth-order valence-corrected chi connectivity index (χ4v) is 3.48. The molecule has 1 atom stereocenters. The average Bonchev–Trinajstić information content (AvgIpc) is 3.02. The number of carbonyl (C=O) groups is 2. The van der Waals surface area contributed by atoms with Crippen LogP contribution in [-0.4, -0.2) is 30.5 Å². The second kappa shape index (κ2) is 8.82. The van der Waals surface area contributed by atoms with E-state index in [9.17, 15) is 14.7 Å². The molecule has 0 spiro atoms. The summed E-state index contributed by atoms with van der Waals surface area (Å²) in [6.45, 7) is 4.26. The topological polar surface area (TPSA) is 76.1 Å². The van der Waals surface area contributed by atoms with E-state index in [0.717, 1.165) is 6.42 Å². The van der Waals surface area contributed by atoms with E-state index in [4.69, 9.17) is 9.47 Å². The number of rotatable bonds is 8. The maximum Gasteiger partial charge on any atom is 0.294 e. The highest BCUT2D eigenvalue weighted by Gasteiger charge is 2.44. The Labute approximate surface area is 170 Å². The number of methoxy groups -OCH3 is 1. The van der Waals surface area contributed by atoms with Gasteiger partial charge in [0, 0.05) is 23.7 Å². The zero-order chi connectivity index (χ0) is 21.0. The molecule has 152 valence electrons. The molecular weight excluding hydrogens is 370 g/mol. The molecule has 0 fully saturated rings. The molecule has 6 heteroatoms. The van der Waals surface area contributed by atoms with Crippen LogP contribution in [0.15, 0.2) is 59.9 Å². The number of aliphatic hydroxyl groups is 1. The molecule has 0 aromatic heterocycles. The molecule has 0 radical (unpaired) electrons. The molecule has 1 aliphatic heterocycles. The number of benzene rings is 2. The van der Waals surface area contributed by atoms with Gasteiger partial charge in [-0.15, -0.1) is 0 Å². The summed E-state index contributed by atoms with van der Waals surface area (Å²) in [5, 5.41) is 10.6. The fraction of sp³-hybridized carbons (Fsp3) is 0.304. The molecule has 1 heterocycles. The quantitative estimate of drug-likeness (QED) is 0.719. The van der Waals surface area contributed by atoms with Gasteiger partial charge in [-0.25, -0.2) is 0 Å². The molecule has 1 aliphatic rings. The smallest absolute Gasteiger partial charge is 0.294 e. The van der Waals surface area contributed by atoms with E-state index in [1.807, 2.05) is 25.1 Å². The number of hydrogen-bond acceptors (Lipinski definition) is 5. The zero-order valence-corrected chi connectivity index (χ0v) is 16.8. The van der Waals surface area contributed by atoms with E-state index in [1.165, 1.54) is 12.0 Å². The minimum absolute atomic E-state index is 0.0851. The molecule has 29 heavy (non-hydrogen) atoms. The number of amides is 1. The Morgan fingerprint density at radius 1 is 1.14 bits per heavy atom. The van der Waals surface area contributed by atoms with Crippen LogP contribution in [0.5, 0.6) is 11.5 Å². The first-order valence-corrected chi connectivity index (χ1v) is 9.69. The number of Topliss-reactive ketones (excluding diaryl/α,β-unsaturated/α-hetero) is 1. The maximum absolute atomic E-state index is 13.0. The standard InChI is InChI=1S/C23H25NO5/c1-4-13-29-16-10-8-9-15(14-16)24-21(17-11-6-7-12-19(17)28-3)20(18(25)5-2)22(26)23(24)27/h6-12,14,21,26H,4-5,13H2,1-3H3. The van der Waals surface area contributed by atoms with Crippen molar-refractivity contribution in [3.8, 4) is 11.5 Å². The van der Waals surface area contributed by atoms with Gasteiger partial charge in [0.1, 0.15) is 11.5 Å². The normalized spacial score (nSPS) is 16.3. The third-order valence-electron chi connectivity index (χ3n) is 4.83. The van der Waals surface area contributed by atoms with Crippen LogP contribution in [0.4, 0.5) is 5.69 Å². The maximum atomic E-state index is 13.0. The predicted octanol–water partition coefficient (Wildman–Crippen LogP) is 4.36. The number of ether oxygens (including phenoxy) is 2. The van der Waals surface area contributed by atoms with Crippen molar-refractivity contribution < 1.29 is 24.2 Å². The molecule has 0 bridgehead atoms. The Bertz CT molecular complexity index is 950. The van der Waals surface area contributed by atoms with Gasteiger partial charge in [0.15, 0.2) is 11.5 Å². The minimum Gasteiger partial charge on any atom is -0.503 e. The summed E-state index contributed by atoms with van der Waals surface area (Å²) in [6, 6.07) is 13.5. The van der Waals surface area contributed by atoms with E-state index >= 15 is 0 Å². The zero-order valence-electron chi connectivity index (χ0n) is 16.8. The predicted molar refractivity (Wildman–Crippen MR) is 110 cm³/mol. The number of aliphatic hydroxyl groups excluding tert-OH is 1. The van der Waals surface area contributed by atoms with Gasteiger partial charge in [-0.1, -0.05) is 38.1 Å². The van der Waals surface area contributed by atoms with Crippen LogP contribution < -0.4 is 14.4 Å². The molecule has 1 amide bonds. The Balaban J connectivity index is 2.15. The number of ketones is 1. The first-order valence-electron chi connectivity index (χ1n) is 9.69. The summed E-state index contributed by atoms with van der Waals surface area (Å²) < 4.78 is 11.2. The number of anilines is 1. The van der Waals surface area contributed by atoms with Gasteiger partial charge in [0.05, 0.1) is 25.3 Å². The lowest BCUT2D eigenvalue weighted by molar-refractivity contribution is -0.118. The Morgan fingerprint density at radius 2 is 1.90 bits per heavy atom. The van der Waals surface area contributed by atoms with E-state index in [-0.39, 0.29) is 17.8 Å². The summed E-state index contributed by atoms with van der Waals surface area (Å²) in [7, 11) is 1.53. The number of carbonyl (C=O) groups excluding carboxylic acids is 2. The molecule has 1 N–H and O–H groups in total. The second-order valence-electron chi connectivity index (χ2n) is 6.70. The molecule has 3 rings (SSSR count). The molecule has 2 aromatic rings. The van der Waals surface area contributed by atoms with Gasteiger partial charge in [0.2, 0.25) is 0 Å². The molecular formula is C23H25NO5. The van der Waals surface area contributed by atoms with Crippen molar-refractivity contribution in [1.29, 1.82) is 0 Å². The van der Waals surface area contributed by atoms with Gasteiger partial charge >= 0.3 is 0 Å². The highest BCUT2D eigenvalue weighted by Crippen LogP contribution is 2.44. The van der Waals surface area contributed by atoms with Gasteiger partial charge in [0.25, 0.3) is 5.91 Å².